The number of imidazole rings is 1. The van der Waals surface area contributed by atoms with Crippen LogP contribution in [0.15, 0.2) is 24.3 Å². The highest BCUT2D eigenvalue weighted by atomic mass is 35.5. The molecule has 3 aromatic rings. The fourth-order valence-corrected chi connectivity index (χ4v) is 3.00. The second kappa shape index (κ2) is 4.36. The Morgan fingerprint density at radius 1 is 1.14 bits per heavy atom. The molecule has 0 fully saturated rings. The number of fused-ring (bicyclic) bond motifs is 5. The zero-order chi connectivity index (χ0) is 14.6. The maximum Gasteiger partial charge on any atom is 0.240 e. The Labute approximate surface area is 126 Å². The Balaban J connectivity index is 2.01. The molecule has 4 rings (SSSR count). The summed E-state index contributed by atoms with van der Waals surface area (Å²) in [6.07, 6.45) is 0.761. The van der Waals surface area contributed by atoms with E-state index in [0.717, 1.165) is 28.4 Å². The van der Waals surface area contributed by atoms with Gasteiger partial charge in [0, 0.05) is 17.0 Å². The molecule has 0 saturated carbocycles. The highest BCUT2D eigenvalue weighted by molar-refractivity contribution is 6.30. The molecule has 0 N–H and O–H groups in total. The van der Waals surface area contributed by atoms with Gasteiger partial charge in [0.1, 0.15) is 0 Å². The van der Waals surface area contributed by atoms with Crippen molar-refractivity contribution in [1.29, 1.82) is 0 Å². The Hall–Kier alpha value is -2.27. The fourth-order valence-electron chi connectivity index (χ4n) is 2.80. The first-order chi connectivity index (χ1) is 10.2. The second-order valence-electron chi connectivity index (χ2n) is 4.86. The average molecular weight is 302 g/mol. The Kier molecular flexibility index (Phi) is 2.59. The van der Waals surface area contributed by atoms with E-state index >= 15 is 0 Å². The molecule has 5 nitrogen and oxygen atoms in total. The lowest BCUT2D eigenvalue weighted by molar-refractivity contribution is 0.369. The molecule has 0 radical (unpaired) electrons. The lowest BCUT2D eigenvalue weighted by Gasteiger charge is -2.08. The summed E-state index contributed by atoms with van der Waals surface area (Å²) in [6.45, 7) is 0. The van der Waals surface area contributed by atoms with E-state index in [4.69, 9.17) is 21.1 Å². The van der Waals surface area contributed by atoms with Crippen molar-refractivity contribution in [3.05, 3.63) is 40.5 Å². The Bertz CT molecular complexity index is 873. The minimum absolute atomic E-state index is 0.486. The number of halogens is 1. The van der Waals surface area contributed by atoms with Crippen LogP contribution in [0.2, 0.25) is 5.02 Å². The number of hydrogen-bond donors (Lipinski definition) is 0. The number of ether oxygens (including phenoxy) is 2. The summed E-state index contributed by atoms with van der Waals surface area (Å²) < 4.78 is 12.6. The SMILES string of the molecule is COc1cc(OC)n2c3c(nc2n1)-c1ccc(Cl)cc1C3. The van der Waals surface area contributed by atoms with Crippen molar-refractivity contribution >= 4 is 17.4 Å². The number of nitrogens with zero attached hydrogens (tertiary/aromatic N) is 3. The van der Waals surface area contributed by atoms with Gasteiger partial charge in [0.25, 0.3) is 0 Å². The van der Waals surface area contributed by atoms with Crippen molar-refractivity contribution in [2.24, 2.45) is 0 Å². The van der Waals surface area contributed by atoms with Crippen molar-refractivity contribution in [3.63, 3.8) is 0 Å². The van der Waals surface area contributed by atoms with Gasteiger partial charge in [-0.15, -0.1) is 0 Å². The molecule has 0 atom stereocenters. The average Bonchev–Trinajstić information content (AvgIpc) is 3.00. The number of methoxy groups -OCH3 is 2. The second-order valence-corrected chi connectivity index (χ2v) is 5.30. The Morgan fingerprint density at radius 3 is 2.76 bits per heavy atom. The Morgan fingerprint density at radius 2 is 2.00 bits per heavy atom. The van der Waals surface area contributed by atoms with Crippen molar-refractivity contribution in [1.82, 2.24) is 14.4 Å². The third-order valence-corrected chi connectivity index (χ3v) is 3.97. The summed E-state index contributed by atoms with van der Waals surface area (Å²) in [5.41, 5.74) is 4.27. The number of hydrogen-bond acceptors (Lipinski definition) is 4. The number of benzene rings is 1. The fraction of sp³-hybridized carbons (Fsp3) is 0.200. The van der Waals surface area contributed by atoms with E-state index in [0.29, 0.717) is 17.5 Å². The highest BCUT2D eigenvalue weighted by Gasteiger charge is 2.26. The largest absolute Gasteiger partial charge is 0.482 e. The van der Waals surface area contributed by atoms with Crippen molar-refractivity contribution < 1.29 is 9.47 Å². The highest BCUT2D eigenvalue weighted by Crippen LogP contribution is 2.39. The summed E-state index contributed by atoms with van der Waals surface area (Å²) >= 11 is 6.07. The van der Waals surface area contributed by atoms with Crippen LogP contribution >= 0.6 is 11.6 Å². The van der Waals surface area contributed by atoms with Gasteiger partial charge in [-0.05, 0) is 17.7 Å². The van der Waals surface area contributed by atoms with Gasteiger partial charge in [-0.1, -0.05) is 17.7 Å². The van der Waals surface area contributed by atoms with Gasteiger partial charge < -0.3 is 9.47 Å². The van der Waals surface area contributed by atoms with Crippen molar-refractivity contribution in [2.75, 3.05) is 14.2 Å². The molecule has 1 aromatic carbocycles. The standard InChI is InChI=1S/C15H12ClN3O2/c1-20-12-7-13(21-2)19-11-6-8-5-9(16)3-4-10(8)14(11)18-15(19)17-12/h3-5,7H,6H2,1-2H3. The van der Waals surface area contributed by atoms with Gasteiger partial charge in [0.2, 0.25) is 17.5 Å². The summed E-state index contributed by atoms with van der Waals surface area (Å²) in [5, 5.41) is 0.736. The molecular weight excluding hydrogens is 290 g/mol. The number of rotatable bonds is 2. The maximum absolute atomic E-state index is 6.07. The van der Waals surface area contributed by atoms with Gasteiger partial charge in [0.15, 0.2) is 0 Å². The van der Waals surface area contributed by atoms with Crippen LogP contribution in [0.1, 0.15) is 11.3 Å². The molecule has 0 amide bonds. The molecule has 0 spiro atoms. The quantitative estimate of drug-likeness (QED) is 0.571. The molecule has 1 aliphatic rings. The summed E-state index contributed by atoms with van der Waals surface area (Å²) in [4.78, 5) is 9.01. The van der Waals surface area contributed by atoms with Crippen LogP contribution in [-0.4, -0.2) is 28.6 Å². The molecule has 0 unspecified atom stereocenters. The molecule has 0 aliphatic heterocycles. The molecule has 2 heterocycles. The van der Waals surface area contributed by atoms with E-state index in [1.807, 2.05) is 22.6 Å². The zero-order valence-corrected chi connectivity index (χ0v) is 12.3. The molecule has 106 valence electrons. The van der Waals surface area contributed by atoms with Crippen molar-refractivity contribution in [2.45, 2.75) is 6.42 Å². The van der Waals surface area contributed by atoms with Gasteiger partial charge in [-0.2, -0.15) is 4.98 Å². The predicted octanol–water partition coefficient (Wildman–Crippen LogP) is 2.97. The topological polar surface area (TPSA) is 48.7 Å². The molecule has 0 saturated heterocycles. The monoisotopic (exact) mass is 301 g/mol. The summed E-state index contributed by atoms with van der Waals surface area (Å²) in [6, 6.07) is 7.61. The minimum atomic E-state index is 0.486. The van der Waals surface area contributed by atoms with Crippen LogP contribution in [0.3, 0.4) is 0 Å². The van der Waals surface area contributed by atoms with E-state index in [2.05, 4.69) is 9.97 Å². The van der Waals surface area contributed by atoms with Gasteiger partial charge >= 0.3 is 0 Å². The predicted molar refractivity (Wildman–Crippen MR) is 79.3 cm³/mol. The minimum Gasteiger partial charge on any atom is -0.482 e. The van der Waals surface area contributed by atoms with Crippen molar-refractivity contribution in [3.8, 4) is 23.0 Å². The van der Waals surface area contributed by atoms with Gasteiger partial charge in [-0.25, -0.2) is 4.98 Å². The summed E-state index contributed by atoms with van der Waals surface area (Å²) in [7, 11) is 3.20. The normalized spacial score (nSPS) is 12.3. The first-order valence-electron chi connectivity index (χ1n) is 6.50. The third-order valence-electron chi connectivity index (χ3n) is 3.73. The smallest absolute Gasteiger partial charge is 0.240 e. The maximum atomic E-state index is 6.07. The molecule has 6 heteroatoms. The first kappa shape index (κ1) is 12.5. The van der Waals surface area contributed by atoms with E-state index in [9.17, 15) is 0 Å². The molecular formula is C15H12ClN3O2. The van der Waals surface area contributed by atoms with Crippen LogP contribution in [-0.2, 0) is 6.42 Å². The van der Waals surface area contributed by atoms with Crippen LogP contribution in [0.5, 0.6) is 11.8 Å². The number of aromatic nitrogens is 3. The van der Waals surface area contributed by atoms with Gasteiger partial charge in [-0.3, -0.25) is 4.40 Å². The van der Waals surface area contributed by atoms with E-state index in [1.54, 1.807) is 20.3 Å². The zero-order valence-electron chi connectivity index (χ0n) is 11.6. The molecule has 21 heavy (non-hydrogen) atoms. The van der Waals surface area contributed by atoms with Gasteiger partial charge in [0.05, 0.1) is 31.7 Å². The van der Waals surface area contributed by atoms with E-state index < -0.39 is 0 Å². The van der Waals surface area contributed by atoms with E-state index in [1.165, 1.54) is 5.56 Å². The van der Waals surface area contributed by atoms with Crippen LogP contribution in [0, 0.1) is 0 Å². The molecule has 2 aromatic heterocycles. The van der Waals surface area contributed by atoms with Crippen LogP contribution < -0.4 is 9.47 Å². The molecule has 1 aliphatic carbocycles. The lowest BCUT2D eigenvalue weighted by Crippen LogP contribution is -2.01. The first-order valence-corrected chi connectivity index (χ1v) is 6.88. The molecule has 0 bridgehead atoms. The lowest BCUT2D eigenvalue weighted by atomic mass is 10.1. The van der Waals surface area contributed by atoms with Crippen LogP contribution in [0.25, 0.3) is 17.0 Å². The van der Waals surface area contributed by atoms with Crippen LogP contribution in [0.4, 0.5) is 0 Å². The van der Waals surface area contributed by atoms with E-state index in [-0.39, 0.29) is 0 Å². The summed E-state index contributed by atoms with van der Waals surface area (Å²) in [5.74, 6) is 1.72. The third kappa shape index (κ3) is 1.70.